The standard InChI is InChI=1S/C20H18FNO4/c1-2-18(20(24)25)22-9-8-14-11-16(6-7-17(14)19(22)23)26-12-13-4-3-5-15(21)10-13/h3-11,18H,2,12H2,1H3,(H,24,25). The van der Waals surface area contributed by atoms with Gasteiger partial charge in [-0.3, -0.25) is 4.79 Å². The number of carbonyl (C=O) groups is 1. The fourth-order valence-corrected chi connectivity index (χ4v) is 2.86. The number of aliphatic carboxylic acids is 1. The van der Waals surface area contributed by atoms with Crippen molar-refractivity contribution in [3.8, 4) is 5.75 Å². The molecule has 5 nitrogen and oxygen atoms in total. The van der Waals surface area contributed by atoms with Gasteiger partial charge in [0.25, 0.3) is 5.56 Å². The van der Waals surface area contributed by atoms with Crippen LogP contribution in [-0.4, -0.2) is 15.6 Å². The van der Waals surface area contributed by atoms with Crippen molar-refractivity contribution in [2.24, 2.45) is 0 Å². The summed E-state index contributed by atoms with van der Waals surface area (Å²) in [7, 11) is 0. The first-order valence-corrected chi connectivity index (χ1v) is 8.24. The first-order chi connectivity index (χ1) is 12.5. The zero-order valence-electron chi connectivity index (χ0n) is 14.2. The normalized spacial score (nSPS) is 12.1. The van der Waals surface area contributed by atoms with Crippen molar-refractivity contribution in [3.05, 3.63) is 76.5 Å². The van der Waals surface area contributed by atoms with E-state index in [0.717, 1.165) is 0 Å². The fourth-order valence-electron chi connectivity index (χ4n) is 2.86. The highest BCUT2D eigenvalue weighted by molar-refractivity contribution is 5.83. The number of benzene rings is 2. The molecule has 3 aromatic rings. The number of hydrogen-bond acceptors (Lipinski definition) is 3. The predicted octanol–water partition coefficient (Wildman–Crippen LogP) is 3.76. The third-order valence-corrected chi connectivity index (χ3v) is 4.20. The Kier molecular flexibility index (Phi) is 5.02. The van der Waals surface area contributed by atoms with E-state index in [2.05, 4.69) is 0 Å². The van der Waals surface area contributed by atoms with E-state index in [1.807, 2.05) is 0 Å². The van der Waals surface area contributed by atoms with Crippen molar-refractivity contribution < 1.29 is 19.0 Å². The van der Waals surface area contributed by atoms with Crippen LogP contribution in [-0.2, 0) is 11.4 Å². The Balaban J connectivity index is 1.88. The van der Waals surface area contributed by atoms with Gasteiger partial charge in [0, 0.05) is 11.6 Å². The van der Waals surface area contributed by atoms with Crippen LogP contribution in [0.2, 0.25) is 0 Å². The van der Waals surface area contributed by atoms with Gasteiger partial charge in [-0.25, -0.2) is 9.18 Å². The zero-order valence-corrected chi connectivity index (χ0v) is 14.2. The van der Waals surface area contributed by atoms with E-state index in [1.54, 1.807) is 43.3 Å². The van der Waals surface area contributed by atoms with Crippen molar-refractivity contribution in [1.29, 1.82) is 0 Å². The van der Waals surface area contributed by atoms with Crippen LogP contribution in [0, 0.1) is 5.82 Å². The summed E-state index contributed by atoms with van der Waals surface area (Å²) in [5.74, 6) is -0.817. The van der Waals surface area contributed by atoms with Crippen LogP contribution in [0.15, 0.2) is 59.5 Å². The van der Waals surface area contributed by atoms with Gasteiger partial charge >= 0.3 is 5.97 Å². The van der Waals surface area contributed by atoms with Gasteiger partial charge in [0.05, 0.1) is 0 Å². The van der Waals surface area contributed by atoms with E-state index < -0.39 is 12.0 Å². The number of rotatable bonds is 6. The summed E-state index contributed by atoms with van der Waals surface area (Å²) in [6.45, 7) is 1.93. The Bertz CT molecular complexity index is 1010. The monoisotopic (exact) mass is 355 g/mol. The highest BCUT2D eigenvalue weighted by Crippen LogP contribution is 2.21. The quantitative estimate of drug-likeness (QED) is 0.731. The van der Waals surface area contributed by atoms with E-state index in [-0.39, 0.29) is 18.0 Å². The van der Waals surface area contributed by atoms with Crippen LogP contribution >= 0.6 is 0 Å². The summed E-state index contributed by atoms with van der Waals surface area (Å²) in [6, 6.07) is 11.9. The molecule has 26 heavy (non-hydrogen) atoms. The molecule has 0 radical (unpaired) electrons. The lowest BCUT2D eigenvalue weighted by atomic mass is 10.1. The molecule has 1 aromatic heterocycles. The molecular weight excluding hydrogens is 337 g/mol. The Labute approximate surface area is 149 Å². The molecule has 1 N–H and O–H groups in total. The summed E-state index contributed by atoms with van der Waals surface area (Å²) >= 11 is 0. The second-order valence-electron chi connectivity index (χ2n) is 5.96. The second-order valence-corrected chi connectivity index (χ2v) is 5.96. The first-order valence-electron chi connectivity index (χ1n) is 8.24. The van der Waals surface area contributed by atoms with Crippen molar-refractivity contribution in [3.63, 3.8) is 0 Å². The molecule has 0 saturated carbocycles. The average Bonchev–Trinajstić information content (AvgIpc) is 2.62. The average molecular weight is 355 g/mol. The van der Waals surface area contributed by atoms with Gasteiger partial charge < -0.3 is 14.4 Å². The molecule has 1 heterocycles. The lowest BCUT2D eigenvalue weighted by molar-refractivity contribution is -0.141. The van der Waals surface area contributed by atoms with E-state index in [1.165, 1.54) is 22.9 Å². The van der Waals surface area contributed by atoms with Crippen LogP contribution in [0.25, 0.3) is 10.8 Å². The number of fused-ring (bicyclic) bond motifs is 1. The molecule has 0 fully saturated rings. The number of ether oxygens (including phenoxy) is 1. The van der Waals surface area contributed by atoms with Crippen LogP contribution in [0.4, 0.5) is 4.39 Å². The van der Waals surface area contributed by atoms with E-state index >= 15 is 0 Å². The fraction of sp³-hybridized carbons (Fsp3) is 0.200. The molecule has 1 unspecified atom stereocenters. The number of nitrogens with zero attached hydrogens (tertiary/aromatic N) is 1. The van der Waals surface area contributed by atoms with Gasteiger partial charge in [-0.1, -0.05) is 19.1 Å². The summed E-state index contributed by atoms with van der Waals surface area (Å²) in [6.07, 6.45) is 1.80. The maximum Gasteiger partial charge on any atom is 0.326 e. The Hall–Kier alpha value is -3.15. The Morgan fingerprint density at radius 2 is 2.04 bits per heavy atom. The SMILES string of the molecule is CCC(C(=O)O)n1ccc2cc(OCc3cccc(F)c3)ccc2c1=O. The maximum absolute atomic E-state index is 13.2. The highest BCUT2D eigenvalue weighted by Gasteiger charge is 2.19. The molecule has 0 aliphatic rings. The van der Waals surface area contributed by atoms with Gasteiger partial charge in [0.2, 0.25) is 0 Å². The van der Waals surface area contributed by atoms with Crippen LogP contribution in [0.1, 0.15) is 24.9 Å². The van der Waals surface area contributed by atoms with E-state index in [9.17, 15) is 19.1 Å². The van der Waals surface area contributed by atoms with E-state index in [4.69, 9.17) is 4.74 Å². The Morgan fingerprint density at radius 3 is 2.73 bits per heavy atom. The molecular formula is C20H18FNO4. The molecule has 0 aliphatic carbocycles. The van der Waals surface area contributed by atoms with Gasteiger partial charge in [0.15, 0.2) is 0 Å². The van der Waals surface area contributed by atoms with Gasteiger partial charge in [-0.15, -0.1) is 0 Å². The van der Waals surface area contributed by atoms with Crippen molar-refractivity contribution in [2.45, 2.75) is 26.0 Å². The minimum atomic E-state index is -1.04. The lowest BCUT2D eigenvalue weighted by Crippen LogP contribution is -2.29. The summed E-state index contributed by atoms with van der Waals surface area (Å²) in [5.41, 5.74) is 0.348. The van der Waals surface area contributed by atoms with Crippen molar-refractivity contribution in [1.82, 2.24) is 4.57 Å². The van der Waals surface area contributed by atoms with Crippen molar-refractivity contribution in [2.75, 3.05) is 0 Å². The zero-order chi connectivity index (χ0) is 18.7. The largest absolute Gasteiger partial charge is 0.489 e. The molecule has 2 aromatic carbocycles. The number of pyridine rings is 1. The molecule has 0 aliphatic heterocycles. The smallest absolute Gasteiger partial charge is 0.326 e. The topological polar surface area (TPSA) is 68.5 Å². The minimum Gasteiger partial charge on any atom is -0.489 e. The molecule has 134 valence electrons. The summed E-state index contributed by atoms with van der Waals surface area (Å²) in [4.78, 5) is 23.9. The summed E-state index contributed by atoms with van der Waals surface area (Å²) in [5, 5.41) is 10.3. The highest BCUT2D eigenvalue weighted by atomic mass is 19.1. The molecule has 0 amide bonds. The molecule has 0 saturated heterocycles. The lowest BCUT2D eigenvalue weighted by Gasteiger charge is -2.14. The third kappa shape index (κ3) is 3.59. The van der Waals surface area contributed by atoms with E-state index in [0.29, 0.717) is 28.5 Å². The van der Waals surface area contributed by atoms with Crippen molar-refractivity contribution >= 4 is 16.7 Å². The Morgan fingerprint density at radius 1 is 1.23 bits per heavy atom. The third-order valence-electron chi connectivity index (χ3n) is 4.20. The number of carboxylic acid groups (broad SMARTS) is 1. The molecule has 3 rings (SSSR count). The molecule has 0 spiro atoms. The molecule has 6 heteroatoms. The molecule has 0 bridgehead atoms. The maximum atomic E-state index is 13.2. The predicted molar refractivity (Wildman–Crippen MR) is 95.9 cm³/mol. The van der Waals surface area contributed by atoms with Crippen LogP contribution in [0.5, 0.6) is 5.75 Å². The number of carboxylic acids is 1. The number of halogens is 1. The van der Waals surface area contributed by atoms with Gasteiger partial charge in [-0.05, 0) is 53.8 Å². The summed E-state index contributed by atoms with van der Waals surface area (Å²) < 4.78 is 20.1. The van der Waals surface area contributed by atoms with Crippen LogP contribution < -0.4 is 10.3 Å². The van der Waals surface area contributed by atoms with Gasteiger partial charge in [0.1, 0.15) is 24.2 Å². The molecule has 1 atom stereocenters. The van der Waals surface area contributed by atoms with Crippen LogP contribution in [0.3, 0.4) is 0 Å². The number of aromatic nitrogens is 1. The minimum absolute atomic E-state index is 0.206. The second kappa shape index (κ2) is 7.39. The first kappa shape index (κ1) is 17.7. The number of hydrogen-bond donors (Lipinski definition) is 1. The van der Waals surface area contributed by atoms with Gasteiger partial charge in [-0.2, -0.15) is 0 Å².